The van der Waals surface area contributed by atoms with Gasteiger partial charge in [0.05, 0.1) is 5.92 Å². The molecular formula is C18H22N4O2. The van der Waals surface area contributed by atoms with Crippen molar-refractivity contribution in [1.29, 1.82) is 0 Å². The number of H-pyrrole nitrogens is 1. The number of hydrogen-bond donors (Lipinski definition) is 2. The normalized spacial score (nSPS) is 17.4. The molecule has 1 unspecified atom stereocenters. The summed E-state index contributed by atoms with van der Waals surface area (Å²) in [6.45, 7) is 8.22. The minimum Gasteiger partial charge on any atom is -0.311 e. The van der Waals surface area contributed by atoms with E-state index in [4.69, 9.17) is 0 Å². The molecule has 3 rings (SSSR count). The number of aromatic nitrogens is 2. The summed E-state index contributed by atoms with van der Waals surface area (Å²) in [6, 6.07) is 5.89. The van der Waals surface area contributed by atoms with E-state index in [1.54, 1.807) is 4.90 Å². The molecular weight excluding hydrogens is 304 g/mol. The number of carbonyl (C=O) groups excluding carboxylic acids is 2. The molecule has 1 saturated heterocycles. The van der Waals surface area contributed by atoms with Crippen molar-refractivity contribution in [2.45, 2.75) is 34.1 Å². The molecule has 2 N–H and O–H groups in total. The van der Waals surface area contributed by atoms with Crippen LogP contribution in [0.5, 0.6) is 0 Å². The van der Waals surface area contributed by atoms with Crippen LogP contribution < -0.4 is 10.2 Å². The maximum absolute atomic E-state index is 12.5. The molecule has 6 heteroatoms. The van der Waals surface area contributed by atoms with Crippen LogP contribution >= 0.6 is 0 Å². The van der Waals surface area contributed by atoms with Gasteiger partial charge in [-0.2, -0.15) is 5.10 Å². The first-order valence-electron chi connectivity index (χ1n) is 8.07. The molecule has 126 valence electrons. The van der Waals surface area contributed by atoms with Crippen LogP contribution in [0.2, 0.25) is 0 Å². The number of amides is 2. The van der Waals surface area contributed by atoms with E-state index in [2.05, 4.69) is 15.5 Å². The third-order valence-corrected chi connectivity index (χ3v) is 4.86. The molecule has 1 aliphatic rings. The largest absolute Gasteiger partial charge is 0.311 e. The predicted octanol–water partition coefficient (Wildman–Crippen LogP) is 2.63. The van der Waals surface area contributed by atoms with Gasteiger partial charge in [-0.3, -0.25) is 14.7 Å². The Morgan fingerprint density at radius 2 is 2.00 bits per heavy atom. The fourth-order valence-electron chi connectivity index (χ4n) is 2.97. The van der Waals surface area contributed by atoms with Gasteiger partial charge in [-0.15, -0.1) is 0 Å². The number of benzene rings is 1. The van der Waals surface area contributed by atoms with Gasteiger partial charge in [0.15, 0.2) is 5.82 Å². The van der Waals surface area contributed by atoms with Crippen LogP contribution in [0.3, 0.4) is 0 Å². The van der Waals surface area contributed by atoms with Crippen LogP contribution in [-0.4, -0.2) is 28.6 Å². The number of anilines is 2. The molecule has 1 aromatic heterocycles. The summed E-state index contributed by atoms with van der Waals surface area (Å²) in [7, 11) is 0. The number of carbonyl (C=O) groups is 2. The average molecular weight is 326 g/mol. The Kier molecular flexibility index (Phi) is 4.13. The lowest BCUT2D eigenvalue weighted by molar-refractivity contribution is -0.122. The van der Waals surface area contributed by atoms with E-state index in [0.29, 0.717) is 12.4 Å². The lowest BCUT2D eigenvalue weighted by Gasteiger charge is -2.20. The first-order chi connectivity index (χ1) is 11.4. The molecule has 1 atom stereocenters. The maximum Gasteiger partial charge on any atom is 0.231 e. The zero-order valence-corrected chi connectivity index (χ0v) is 14.4. The van der Waals surface area contributed by atoms with Crippen molar-refractivity contribution in [3.8, 4) is 0 Å². The minimum atomic E-state index is -0.367. The highest BCUT2D eigenvalue weighted by Gasteiger charge is 2.36. The van der Waals surface area contributed by atoms with E-state index in [0.717, 1.165) is 28.1 Å². The van der Waals surface area contributed by atoms with Crippen molar-refractivity contribution in [2.24, 2.45) is 5.92 Å². The van der Waals surface area contributed by atoms with Gasteiger partial charge in [0, 0.05) is 29.9 Å². The number of nitrogens with one attached hydrogen (secondary N) is 2. The second-order valence-electron chi connectivity index (χ2n) is 6.44. The summed E-state index contributed by atoms with van der Waals surface area (Å²) in [5.74, 6) is -0.00603. The molecule has 6 nitrogen and oxygen atoms in total. The summed E-state index contributed by atoms with van der Waals surface area (Å²) >= 11 is 0. The van der Waals surface area contributed by atoms with E-state index in [1.165, 1.54) is 0 Å². The Morgan fingerprint density at radius 3 is 2.67 bits per heavy atom. The van der Waals surface area contributed by atoms with E-state index < -0.39 is 0 Å². The summed E-state index contributed by atoms with van der Waals surface area (Å²) in [5.41, 5.74) is 4.94. The Labute approximate surface area is 141 Å². The van der Waals surface area contributed by atoms with Gasteiger partial charge < -0.3 is 10.2 Å². The van der Waals surface area contributed by atoms with Crippen molar-refractivity contribution >= 4 is 23.3 Å². The van der Waals surface area contributed by atoms with Gasteiger partial charge in [-0.25, -0.2) is 0 Å². The molecule has 1 aromatic carbocycles. The van der Waals surface area contributed by atoms with Gasteiger partial charge in [-0.05, 0) is 44.9 Å². The SMILES string of the molecule is Cc1cccc(N2CC(C(=O)Nc3n[nH]c(C)c3C)CC2=O)c1C. The summed E-state index contributed by atoms with van der Waals surface area (Å²) in [4.78, 5) is 26.6. The second-order valence-corrected chi connectivity index (χ2v) is 6.44. The first-order valence-corrected chi connectivity index (χ1v) is 8.07. The number of aryl methyl sites for hydroxylation is 2. The topological polar surface area (TPSA) is 78.1 Å². The molecule has 1 aliphatic heterocycles. The molecule has 0 bridgehead atoms. The minimum absolute atomic E-state index is 0.0150. The number of aromatic amines is 1. The van der Waals surface area contributed by atoms with Crippen molar-refractivity contribution in [1.82, 2.24) is 10.2 Å². The number of nitrogens with zero attached hydrogens (tertiary/aromatic N) is 2. The smallest absolute Gasteiger partial charge is 0.231 e. The highest BCUT2D eigenvalue weighted by atomic mass is 16.2. The fourth-order valence-corrected chi connectivity index (χ4v) is 2.97. The lowest BCUT2D eigenvalue weighted by atomic mass is 10.1. The van der Waals surface area contributed by atoms with Crippen LogP contribution in [-0.2, 0) is 9.59 Å². The molecule has 1 fully saturated rings. The molecule has 0 radical (unpaired) electrons. The van der Waals surface area contributed by atoms with Gasteiger partial charge in [0.1, 0.15) is 0 Å². The van der Waals surface area contributed by atoms with Crippen molar-refractivity contribution in [2.75, 3.05) is 16.8 Å². The van der Waals surface area contributed by atoms with Crippen LogP contribution in [0, 0.1) is 33.6 Å². The number of rotatable bonds is 3. The van der Waals surface area contributed by atoms with E-state index in [9.17, 15) is 9.59 Å². The zero-order valence-electron chi connectivity index (χ0n) is 14.4. The van der Waals surface area contributed by atoms with Crippen molar-refractivity contribution in [3.05, 3.63) is 40.6 Å². The molecule has 0 spiro atoms. The molecule has 2 aromatic rings. The summed E-state index contributed by atoms with van der Waals surface area (Å²) in [6.07, 6.45) is 0.224. The van der Waals surface area contributed by atoms with Gasteiger partial charge in [0.2, 0.25) is 11.8 Å². The zero-order chi connectivity index (χ0) is 17.4. The highest BCUT2D eigenvalue weighted by Crippen LogP contribution is 2.30. The summed E-state index contributed by atoms with van der Waals surface area (Å²) < 4.78 is 0. The lowest BCUT2D eigenvalue weighted by Crippen LogP contribution is -2.28. The van der Waals surface area contributed by atoms with Crippen LogP contribution in [0.15, 0.2) is 18.2 Å². The van der Waals surface area contributed by atoms with Gasteiger partial charge in [0.25, 0.3) is 0 Å². The average Bonchev–Trinajstić information content (AvgIpc) is 3.08. The van der Waals surface area contributed by atoms with E-state index in [1.807, 2.05) is 45.9 Å². The molecule has 2 heterocycles. The predicted molar refractivity (Wildman–Crippen MR) is 93.1 cm³/mol. The van der Waals surface area contributed by atoms with E-state index >= 15 is 0 Å². The molecule has 0 aliphatic carbocycles. The first kappa shape index (κ1) is 16.2. The maximum atomic E-state index is 12.5. The second kappa shape index (κ2) is 6.11. The standard InChI is InChI=1S/C18H22N4O2/c1-10-6-5-7-15(11(10)2)22-9-14(8-16(22)23)18(24)19-17-12(3)13(4)20-21-17/h5-7,14H,8-9H2,1-4H3,(H2,19,20,21,24). The quantitative estimate of drug-likeness (QED) is 0.910. The third-order valence-electron chi connectivity index (χ3n) is 4.86. The molecule has 2 amide bonds. The summed E-state index contributed by atoms with van der Waals surface area (Å²) in [5, 5.41) is 9.77. The van der Waals surface area contributed by atoms with Crippen LogP contribution in [0.1, 0.15) is 28.8 Å². The van der Waals surface area contributed by atoms with Gasteiger partial charge in [-0.1, -0.05) is 12.1 Å². The monoisotopic (exact) mass is 326 g/mol. The Bertz CT molecular complexity index is 809. The highest BCUT2D eigenvalue weighted by molar-refractivity contribution is 6.03. The Hall–Kier alpha value is -2.63. The third kappa shape index (κ3) is 2.79. The van der Waals surface area contributed by atoms with Crippen molar-refractivity contribution < 1.29 is 9.59 Å². The van der Waals surface area contributed by atoms with Crippen LogP contribution in [0.4, 0.5) is 11.5 Å². The Morgan fingerprint density at radius 1 is 1.25 bits per heavy atom. The van der Waals surface area contributed by atoms with Gasteiger partial charge >= 0.3 is 0 Å². The molecule has 0 saturated carbocycles. The van der Waals surface area contributed by atoms with Crippen molar-refractivity contribution in [3.63, 3.8) is 0 Å². The Balaban J connectivity index is 1.76. The van der Waals surface area contributed by atoms with Crippen LogP contribution in [0.25, 0.3) is 0 Å². The fraction of sp³-hybridized carbons (Fsp3) is 0.389. The van der Waals surface area contributed by atoms with E-state index in [-0.39, 0.29) is 24.2 Å². The number of hydrogen-bond acceptors (Lipinski definition) is 3. The molecule has 24 heavy (non-hydrogen) atoms.